The fourth-order valence-electron chi connectivity index (χ4n) is 7.46. The van der Waals surface area contributed by atoms with E-state index in [4.69, 9.17) is 19.4 Å². The lowest BCUT2D eigenvalue weighted by Crippen LogP contribution is -2.60. The predicted molar refractivity (Wildman–Crippen MR) is 256 cm³/mol. The van der Waals surface area contributed by atoms with Gasteiger partial charge in [-0.1, -0.05) is 66.7 Å². The molecule has 4 amide bonds. The standard InChI is InChI=1S/C46H72N8O9S2/c1-13-15-16-17-18-19-33(49-43(59)51-39(45(7,8)9)26-53(11)65(60,61)29(5)6)41(56)54-25-31(23-37(54)40(55)52-46(10,14-2)42(57)58)63-38-24-35(36-27-64-44(50-36)47-28(3)4)48-34-22-30(62-12)20-21-32(34)38/h20-22,24,27-29,31,33,37,39H,13-19,23,25-26H2,1-12H3,(H,47,50)(H,52,55)(H,57,58)(H2,49,51,59)/t31-,33+,37+,39?,46+/m1/s1. The van der Waals surface area contributed by atoms with Crippen molar-refractivity contribution in [2.45, 2.75) is 162 Å². The third-order valence-electron chi connectivity index (χ3n) is 11.9. The highest BCUT2D eigenvalue weighted by Gasteiger charge is 2.46. The Hall–Kier alpha value is -4.75. The van der Waals surface area contributed by atoms with Crippen LogP contribution in [0.1, 0.15) is 121 Å². The number of benzene rings is 1. The Labute approximate surface area is 389 Å². The molecule has 3 aromatic rings. The molecular formula is C46H72N8O9S2. The fourth-order valence-corrected chi connectivity index (χ4v) is 9.39. The maximum absolute atomic E-state index is 15.0. The summed E-state index contributed by atoms with van der Waals surface area (Å²) in [5.41, 5.74) is -0.469. The van der Waals surface area contributed by atoms with Gasteiger partial charge in [-0.3, -0.25) is 9.59 Å². The van der Waals surface area contributed by atoms with Gasteiger partial charge < -0.3 is 40.7 Å². The number of nitrogens with one attached hydrogen (secondary N) is 4. The first-order chi connectivity index (χ1) is 30.4. The molecule has 1 aliphatic rings. The van der Waals surface area contributed by atoms with Gasteiger partial charge in [0.15, 0.2) is 5.13 Å². The Morgan fingerprint density at radius 2 is 1.68 bits per heavy atom. The quantitative estimate of drug-likeness (QED) is 0.0606. The monoisotopic (exact) mass is 944 g/mol. The molecule has 5 N–H and O–H groups in total. The number of likely N-dealkylation sites (tertiary alicyclic amines) is 1. The average molecular weight is 945 g/mol. The number of urea groups is 1. The Balaban J connectivity index is 1.73. The number of carbonyl (C=O) groups excluding carboxylic acids is 3. The summed E-state index contributed by atoms with van der Waals surface area (Å²) in [5.74, 6) is -1.40. The Morgan fingerprint density at radius 3 is 2.28 bits per heavy atom. The van der Waals surface area contributed by atoms with Crippen molar-refractivity contribution in [2.24, 2.45) is 5.41 Å². The van der Waals surface area contributed by atoms with Gasteiger partial charge in [0.2, 0.25) is 21.8 Å². The van der Waals surface area contributed by atoms with Crippen LogP contribution >= 0.6 is 11.3 Å². The van der Waals surface area contributed by atoms with Crippen molar-refractivity contribution in [3.8, 4) is 22.9 Å². The van der Waals surface area contributed by atoms with Gasteiger partial charge in [0.05, 0.1) is 30.1 Å². The van der Waals surface area contributed by atoms with Gasteiger partial charge in [0.25, 0.3) is 0 Å². The second-order valence-electron chi connectivity index (χ2n) is 18.9. The van der Waals surface area contributed by atoms with E-state index in [1.807, 2.05) is 46.1 Å². The van der Waals surface area contributed by atoms with Gasteiger partial charge in [0, 0.05) is 55.0 Å². The first-order valence-electron chi connectivity index (χ1n) is 22.7. The maximum Gasteiger partial charge on any atom is 0.329 e. The number of carboxylic acid groups (broad SMARTS) is 1. The minimum absolute atomic E-state index is 0.00310. The molecule has 1 unspecified atom stereocenters. The highest BCUT2D eigenvalue weighted by molar-refractivity contribution is 7.89. The Kier molecular flexibility index (Phi) is 18.4. The first-order valence-corrected chi connectivity index (χ1v) is 25.1. The number of methoxy groups -OCH3 is 1. The SMILES string of the molecule is CCCCCCC[C@H](NC(=O)NC(CN(C)S(=O)(=O)C(C)C)C(C)(C)C)C(=O)N1C[C@H](Oc2cc(-c3csc(NC(C)C)n3)nc3cc(OC)ccc23)C[C@H]1C(=O)N[C@@](C)(CC)C(=O)O. The number of nitrogens with zero attached hydrogens (tertiary/aromatic N) is 4. The molecule has 0 radical (unpaired) electrons. The summed E-state index contributed by atoms with van der Waals surface area (Å²) in [6.45, 7) is 18.0. The number of carboxylic acids is 1. The zero-order valence-corrected chi connectivity index (χ0v) is 41.9. The van der Waals surface area contributed by atoms with Crippen LogP contribution in [-0.4, -0.2) is 125 Å². The summed E-state index contributed by atoms with van der Waals surface area (Å²) in [6.07, 6.45) is 3.99. The highest BCUT2D eigenvalue weighted by Crippen LogP contribution is 2.36. The molecule has 1 aliphatic heterocycles. The van der Waals surface area contributed by atoms with Gasteiger partial charge in [-0.15, -0.1) is 11.3 Å². The minimum Gasteiger partial charge on any atom is -0.497 e. The van der Waals surface area contributed by atoms with Crippen LogP contribution in [-0.2, 0) is 24.4 Å². The zero-order valence-electron chi connectivity index (χ0n) is 40.2. The number of unbranched alkanes of at least 4 members (excludes halogenated alkanes) is 4. The smallest absolute Gasteiger partial charge is 0.329 e. The van der Waals surface area contributed by atoms with Crippen LogP contribution in [0.2, 0.25) is 0 Å². The van der Waals surface area contributed by atoms with Crippen LogP contribution < -0.4 is 30.7 Å². The van der Waals surface area contributed by atoms with Crippen molar-refractivity contribution in [1.29, 1.82) is 0 Å². The molecule has 0 spiro atoms. The van der Waals surface area contributed by atoms with Crippen molar-refractivity contribution in [3.63, 3.8) is 0 Å². The summed E-state index contributed by atoms with van der Waals surface area (Å²) in [4.78, 5) is 66.7. The lowest BCUT2D eigenvalue weighted by atomic mass is 9.86. The highest BCUT2D eigenvalue weighted by atomic mass is 32.2. The molecule has 17 nitrogen and oxygen atoms in total. The van der Waals surface area contributed by atoms with Gasteiger partial charge in [-0.05, 0) is 65.0 Å². The number of sulfonamides is 1. The van der Waals surface area contributed by atoms with Crippen molar-refractivity contribution < 1.29 is 42.2 Å². The van der Waals surface area contributed by atoms with E-state index < -0.39 is 74.3 Å². The first kappa shape index (κ1) is 52.9. The number of hydrogen-bond donors (Lipinski definition) is 5. The number of aromatic nitrogens is 2. The maximum atomic E-state index is 15.0. The number of fused-ring (bicyclic) bond motifs is 1. The Bertz CT molecular complexity index is 2230. The number of carbonyl (C=O) groups is 4. The number of amides is 4. The van der Waals surface area contributed by atoms with Crippen LogP contribution in [0.15, 0.2) is 29.6 Å². The molecule has 0 saturated carbocycles. The van der Waals surface area contributed by atoms with Crippen LogP contribution in [0.5, 0.6) is 11.5 Å². The zero-order chi connectivity index (χ0) is 48.4. The van der Waals surface area contributed by atoms with Gasteiger partial charge in [-0.25, -0.2) is 32.3 Å². The van der Waals surface area contributed by atoms with E-state index in [0.29, 0.717) is 40.2 Å². The van der Waals surface area contributed by atoms with Crippen LogP contribution in [0.4, 0.5) is 9.93 Å². The topological polar surface area (TPSA) is 221 Å². The van der Waals surface area contributed by atoms with E-state index in [1.54, 1.807) is 46.1 Å². The second-order valence-corrected chi connectivity index (χ2v) is 22.3. The van der Waals surface area contributed by atoms with Crippen LogP contribution in [0.3, 0.4) is 0 Å². The number of aliphatic carboxylic acids is 1. The van der Waals surface area contributed by atoms with Crippen molar-refractivity contribution in [1.82, 2.24) is 35.1 Å². The third kappa shape index (κ3) is 13.9. The molecule has 1 saturated heterocycles. The molecular weight excluding hydrogens is 873 g/mol. The molecule has 1 aromatic carbocycles. The predicted octanol–water partition coefficient (Wildman–Crippen LogP) is 7.02. The van der Waals surface area contributed by atoms with Crippen molar-refractivity contribution in [2.75, 3.05) is 32.6 Å². The molecule has 65 heavy (non-hydrogen) atoms. The molecule has 3 heterocycles. The van der Waals surface area contributed by atoms with Gasteiger partial charge in [-0.2, -0.15) is 0 Å². The molecule has 0 bridgehead atoms. The molecule has 0 aliphatic carbocycles. The number of hydrogen-bond acceptors (Lipinski definition) is 12. The van der Waals surface area contributed by atoms with E-state index in [9.17, 15) is 32.7 Å². The fraction of sp³-hybridized carbons (Fsp3) is 0.652. The Morgan fingerprint density at radius 1 is 0.985 bits per heavy atom. The molecule has 19 heteroatoms. The number of rotatable bonds is 23. The second kappa shape index (κ2) is 22.6. The van der Waals surface area contributed by atoms with E-state index in [-0.39, 0.29) is 38.4 Å². The number of pyridine rings is 1. The molecule has 4 rings (SSSR count). The molecule has 5 atom stereocenters. The number of thiazole rings is 1. The number of ether oxygens (including phenoxy) is 2. The van der Waals surface area contributed by atoms with Crippen molar-refractivity contribution in [3.05, 3.63) is 29.6 Å². The van der Waals surface area contributed by atoms with Crippen LogP contribution in [0, 0.1) is 5.41 Å². The lowest BCUT2D eigenvalue weighted by Gasteiger charge is -2.35. The molecule has 362 valence electrons. The summed E-state index contributed by atoms with van der Waals surface area (Å²) < 4.78 is 39.5. The molecule has 1 fully saturated rings. The summed E-state index contributed by atoms with van der Waals surface area (Å²) in [7, 11) is -0.589. The summed E-state index contributed by atoms with van der Waals surface area (Å²) >= 11 is 1.45. The largest absolute Gasteiger partial charge is 0.497 e. The number of likely N-dealkylation sites (N-methyl/N-ethyl adjacent to an activating group) is 1. The van der Waals surface area contributed by atoms with E-state index in [2.05, 4.69) is 28.2 Å². The van der Waals surface area contributed by atoms with E-state index in [0.717, 1.165) is 30.8 Å². The van der Waals surface area contributed by atoms with Crippen molar-refractivity contribution >= 4 is 61.2 Å². The van der Waals surface area contributed by atoms with Gasteiger partial charge in [0.1, 0.15) is 40.9 Å². The van der Waals surface area contributed by atoms with E-state index >= 15 is 0 Å². The summed E-state index contributed by atoms with van der Waals surface area (Å²) in [5, 5.41) is 24.6. The molecule has 2 aromatic heterocycles. The van der Waals surface area contributed by atoms with Crippen LogP contribution in [0.25, 0.3) is 22.3 Å². The average Bonchev–Trinajstić information content (AvgIpc) is 3.89. The minimum atomic E-state index is -3.63. The third-order valence-corrected chi connectivity index (χ3v) is 14.9. The summed E-state index contributed by atoms with van der Waals surface area (Å²) in [6, 6.07) is 3.80. The normalized spacial score (nSPS) is 17.5. The van der Waals surface area contributed by atoms with Gasteiger partial charge >= 0.3 is 12.0 Å². The lowest BCUT2D eigenvalue weighted by molar-refractivity contribution is -0.148. The van der Waals surface area contributed by atoms with E-state index in [1.165, 1.54) is 34.5 Å². The number of anilines is 1.